The average Bonchev–Trinajstić information content (AvgIpc) is 2.39. The van der Waals surface area contributed by atoms with Crippen molar-refractivity contribution in [2.45, 2.75) is 90.5 Å². The molecule has 1 unspecified atom stereocenters. The summed E-state index contributed by atoms with van der Waals surface area (Å²) in [7, 11) is 0. The molecule has 1 N–H and O–H groups in total. The van der Waals surface area contributed by atoms with E-state index in [1.54, 1.807) is 0 Å². The van der Waals surface area contributed by atoms with Crippen LogP contribution in [0, 0.1) is 0 Å². The van der Waals surface area contributed by atoms with Gasteiger partial charge in [-0.15, -0.1) is 0 Å². The Bertz CT molecular complexity index is 272. The van der Waals surface area contributed by atoms with E-state index < -0.39 is 12.0 Å². The summed E-state index contributed by atoms with van der Waals surface area (Å²) in [6.07, 6.45) is 12.6. The van der Waals surface area contributed by atoms with Crippen LogP contribution >= 0.6 is 0 Å². The summed E-state index contributed by atoms with van der Waals surface area (Å²) in [6.45, 7) is 3.55. The standard InChI is InChI=1S/C16H31NO3.Na/c1-3-4-5-6-7-8-9-10-11-12-13-15(16(19)20)17-14(2)18;/h15H,3-13H2,1-2H3,(H,17,18)(H,19,20);/q;+1/p-1. The van der Waals surface area contributed by atoms with Gasteiger partial charge in [-0.1, -0.05) is 71.1 Å². The third-order valence-electron chi connectivity index (χ3n) is 3.51. The maximum atomic E-state index is 10.8. The van der Waals surface area contributed by atoms with Crippen molar-refractivity contribution in [2.75, 3.05) is 0 Å². The summed E-state index contributed by atoms with van der Waals surface area (Å²) in [6, 6.07) is -0.832. The zero-order valence-corrected chi connectivity index (χ0v) is 16.1. The molecule has 1 atom stereocenters. The minimum absolute atomic E-state index is 0. The second-order valence-corrected chi connectivity index (χ2v) is 5.54. The van der Waals surface area contributed by atoms with Gasteiger partial charge < -0.3 is 15.2 Å². The summed E-state index contributed by atoms with van der Waals surface area (Å²) in [5.41, 5.74) is 0. The Morgan fingerprint density at radius 1 is 0.905 bits per heavy atom. The molecular weight excluding hydrogens is 277 g/mol. The van der Waals surface area contributed by atoms with E-state index >= 15 is 0 Å². The third kappa shape index (κ3) is 16.1. The first-order valence-electron chi connectivity index (χ1n) is 8.06. The molecule has 0 saturated carbocycles. The first-order chi connectivity index (χ1) is 9.57. The second kappa shape index (κ2) is 16.3. The number of unbranched alkanes of at least 4 members (excludes halogenated alkanes) is 9. The average molecular weight is 307 g/mol. The topological polar surface area (TPSA) is 69.2 Å². The quantitative estimate of drug-likeness (QED) is 0.370. The maximum Gasteiger partial charge on any atom is 1.00 e. The molecule has 0 aromatic rings. The van der Waals surface area contributed by atoms with Crippen LogP contribution in [0.1, 0.15) is 84.5 Å². The molecule has 0 aromatic heterocycles. The Balaban J connectivity index is 0. The number of carboxylic acids is 1. The molecule has 0 spiro atoms. The second-order valence-electron chi connectivity index (χ2n) is 5.54. The molecule has 5 heteroatoms. The van der Waals surface area contributed by atoms with E-state index in [-0.39, 0.29) is 35.5 Å². The van der Waals surface area contributed by atoms with Gasteiger partial charge in [-0.2, -0.15) is 0 Å². The number of carbonyl (C=O) groups excluding carboxylic acids is 2. The van der Waals surface area contributed by atoms with Crippen LogP contribution in [0.2, 0.25) is 0 Å². The molecule has 0 aromatic carbocycles. The van der Waals surface area contributed by atoms with Gasteiger partial charge in [0.2, 0.25) is 5.91 Å². The Morgan fingerprint density at radius 2 is 1.33 bits per heavy atom. The number of nitrogens with one attached hydrogen (secondary N) is 1. The fraction of sp³-hybridized carbons (Fsp3) is 0.875. The van der Waals surface area contributed by atoms with Crippen molar-refractivity contribution < 1.29 is 44.3 Å². The number of hydrogen-bond donors (Lipinski definition) is 1. The minimum Gasteiger partial charge on any atom is -0.548 e. The SMILES string of the molecule is CCCCCCCCCCCCC(NC(C)=O)C(=O)[O-].[Na+]. The zero-order chi connectivity index (χ0) is 15.2. The number of hydrogen-bond acceptors (Lipinski definition) is 3. The van der Waals surface area contributed by atoms with Gasteiger partial charge in [-0.3, -0.25) is 4.79 Å². The van der Waals surface area contributed by atoms with E-state index in [1.165, 1.54) is 51.9 Å². The number of amides is 1. The molecule has 0 radical (unpaired) electrons. The van der Waals surface area contributed by atoms with Crippen molar-refractivity contribution in [1.82, 2.24) is 5.32 Å². The Kier molecular flexibility index (Phi) is 18.0. The molecule has 0 aliphatic carbocycles. The summed E-state index contributed by atoms with van der Waals surface area (Å²) in [4.78, 5) is 21.6. The largest absolute Gasteiger partial charge is 1.00 e. The predicted molar refractivity (Wildman–Crippen MR) is 79.1 cm³/mol. The molecule has 0 aliphatic rings. The van der Waals surface area contributed by atoms with E-state index in [1.807, 2.05) is 0 Å². The Labute approximate surface area is 151 Å². The number of carboxylic acid groups (broad SMARTS) is 1. The number of aliphatic carboxylic acids is 1. The van der Waals surface area contributed by atoms with E-state index in [0.29, 0.717) is 6.42 Å². The van der Waals surface area contributed by atoms with Crippen molar-refractivity contribution in [2.24, 2.45) is 0 Å². The maximum absolute atomic E-state index is 10.8. The van der Waals surface area contributed by atoms with Crippen LogP contribution in [0.25, 0.3) is 0 Å². The van der Waals surface area contributed by atoms with Crippen LogP contribution in [0.15, 0.2) is 0 Å². The molecule has 0 rings (SSSR count). The molecule has 21 heavy (non-hydrogen) atoms. The zero-order valence-electron chi connectivity index (χ0n) is 14.1. The molecule has 0 aliphatic heterocycles. The number of carbonyl (C=O) groups is 2. The van der Waals surface area contributed by atoms with Gasteiger partial charge in [-0.05, 0) is 6.42 Å². The van der Waals surface area contributed by atoms with Crippen LogP contribution < -0.4 is 40.0 Å². The van der Waals surface area contributed by atoms with E-state index in [9.17, 15) is 14.7 Å². The smallest absolute Gasteiger partial charge is 0.548 e. The van der Waals surface area contributed by atoms with Gasteiger partial charge in [0, 0.05) is 6.92 Å². The Hall–Kier alpha value is -0.0600. The van der Waals surface area contributed by atoms with Crippen molar-refractivity contribution in [1.29, 1.82) is 0 Å². The molecule has 0 fully saturated rings. The molecule has 0 saturated heterocycles. The molecular formula is C16H30NNaO3. The fourth-order valence-corrected chi connectivity index (χ4v) is 2.33. The fourth-order valence-electron chi connectivity index (χ4n) is 2.33. The van der Waals surface area contributed by atoms with E-state index in [0.717, 1.165) is 19.3 Å². The molecule has 1 amide bonds. The monoisotopic (exact) mass is 307 g/mol. The normalized spacial score (nSPS) is 11.5. The van der Waals surface area contributed by atoms with Gasteiger partial charge in [0.15, 0.2) is 0 Å². The van der Waals surface area contributed by atoms with Gasteiger partial charge in [0.25, 0.3) is 0 Å². The van der Waals surface area contributed by atoms with Crippen LogP contribution in [-0.2, 0) is 9.59 Å². The van der Waals surface area contributed by atoms with Gasteiger partial charge in [-0.25, -0.2) is 0 Å². The van der Waals surface area contributed by atoms with Gasteiger partial charge in [0.05, 0.1) is 12.0 Å². The molecule has 0 heterocycles. The summed E-state index contributed by atoms with van der Waals surface area (Å²) < 4.78 is 0. The van der Waals surface area contributed by atoms with E-state index in [4.69, 9.17) is 0 Å². The summed E-state index contributed by atoms with van der Waals surface area (Å²) >= 11 is 0. The minimum atomic E-state index is -1.18. The Morgan fingerprint density at radius 3 is 1.71 bits per heavy atom. The number of rotatable bonds is 13. The molecule has 118 valence electrons. The van der Waals surface area contributed by atoms with Gasteiger partial charge >= 0.3 is 29.6 Å². The van der Waals surface area contributed by atoms with Crippen molar-refractivity contribution in [3.63, 3.8) is 0 Å². The van der Waals surface area contributed by atoms with Crippen molar-refractivity contribution >= 4 is 11.9 Å². The predicted octanol–water partition coefficient (Wildman–Crippen LogP) is -0.444. The van der Waals surface area contributed by atoms with Crippen LogP contribution in [0.5, 0.6) is 0 Å². The molecule has 4 nitrogen and oxygen atoms in total. The first kappa shape index (κ1) is 23.2. The van der Waals surface area contributed by atoms with Gasteiger partial charge in [0.1, 0.15) is 0 Å². The van der Waals surface area contributed by atoms with Crippen molar-refractivity contribution in [3.8, 4) is 0 Å². The first-order valence-corrected chi connectivity index (χ1v) is 8.06. The van der Waals surface area contributed by atoms with Crippen LogP contribution in [-0.4, -0.2) is 17.9 Å². The van der Waals surface area contributed by atoms with Crippen LogP contribution in [0.3, 0.4) is 0 Å². The van der Waals surface area contributed by atoms with Crippen LogP contribution in [0.4, 0.5) is 0 Å². The summed E-state index contributed by atoms with van der Waals surface area (Å²) in [5, 5.41) is 13.2. The van der Waals surface area contributed by atoms with E-state index in [2.05, 4.69) is 12.2 Å². The third-order valence-corrected chi connectivity index (χ3v) is 3.51. The molecule has 0 bridgehead atoms. The summed E-state index contributed by atoms with van der Waals surface area (Å²) in [5.74, 6) is -1.50. The van der Waals surface area contributed by atoms with Crippen molar-refractivity contribution in [3.05, 3.63) is 0 Å².